The summed E-state index contributed by atoms with van der Waals surface area (Å²) >= 11 is 7.53. The Morgan fingerprint density at radius 2 is 2.04 bits per heavy atom. The van der Waals surface area contributed by atoms with E-state index in [9.17, 15) is 4.79 Å². The van der Waals surface area contributed by atoms with Gasteiger partial charge in [-0.2, -0.15) is 0 Å². The zero-order valence-corrected chi connectivity index (χ0v) is 16.0. The summed E-state index contributed by atoms with van der Waals surface area (Å²) in [5.41, 5.74) is 2.66. The van der Waals surface area contributed by atoms with Crippen LogP contribution in [0.3, 0.4) is 0 Å². The molecule has 2 aromatic heterocycles. The van der Waals surface area contributed by atoms with Gasteiger partial charge >= 0.3 is 5.97 Å². The molecule has 2 heterocycles. The molecule has 5 nitrogen and oxygen atoms in total. The molecule has 7 heteroatoms. The minimum absolute atomic E-state index is 0.329. The maximum atomic E-state index is 12.2. The molecule has 0 aliphatic rings. The van der Waals surface area contributed by atoms with Gasteiger partial charge in [0.1, 0.15) is 21.3 Å². The number of hydrogen-bond acceptors (Lipinski definition) is 6. The Labute approximate surface area is 155 Å². The molecule has 0 saturated heterocycles. The van der Waals surface area contributed by atoms with E-state index in [4.69, 9.17) is 16.3 Å². The van der Waals surface area contributed by atoms with Gasteiger partial charge in [0.15, 0.2) is 0 Å². The van der Waals surface area contributed by atoms with Crippen LogP contribution < -0.4 is 5.32 Å². The van der Waals surface area contributed by atoms with Gasteiger partial charge in [-0.25, -0.2) is 14.8 Å². The maximum absolute atomic E-state index is 12.2. The number of aryl methyl sites for hydroxylation is 3. The zero-order valence-electron chi connectivity index (χ0n) is 14.4. The summed E-state index contributed by atoms with van der Waals surface area (Å²) in [6, 6.07) is 5.74. The van der Waals surface area contributed by atoms with Crippen molar-refractivity contribution in [1.29, 1.82) is 0 Å². The van der Waals surface area contributed by atoms with Gasteiger partial charge < -0.3 is 10.1 Å². The normalized spacial score (nSPS) is 10.9. The number of nitrogens with zero attached hydrogens (tertiary/aromatic N) is 2. The molecular weight excluding hydrogens is 358 g/mol. The second-order valence-electron chi connectivity index (χ2n) is 5.67. The van der Waals surface area contributed by atoms with Crippen LogP contribution in [0.25, 0.3) is 10.2 Å². The number of ether oxygens (including phenoxy) is 1. The largest absolute Gasteiger partial charge is 0.462 e. The van der Waals surface area contributed by atoms with E-state index in [1.165, 1.54) is 11.3 Å². The first kappa shape index (κ1) is 17.6. The molecule has 1 aromatic carbocycles. The fourth-order valence-electron chi connectivity index (χ4n) is 2.53. The van der Waals surface area contributed by atoms with Crippen LogP contribution in [0.5, 0.6) is 0 Å². The lowest BCUT2D eigenvalue weighted by Crippen LogP contribution is -2.04. The molecule has 0 atom stereocenters. The number of esters is 1. The number of hydrogen-bond donors (Lipinski definition) is 1. The predicted molar refractivity (Wildman–Crippen MR) is 102 cm³/mol. The molecule has 25 heavy (non-hydrogen) atoms. The number of anilines is 2. The molecule has 0 radical (unpaired) electrons. The summed E-state index contributed by atoms with van der Waals surface area (Å²) in [7, 11) is 0. The van der Waals surface area contributed by atoms with Crippen LogP contribution in [-0.2, 0) is 4.74 Å². The van der Waals surface area contributed by atoms with Crippen molar-refractivity contribution >= 4 is 50.6 Å². The van der Waals surface area contributed by atoms with Gasteiger partial charge in [-0.15, -0.1) is 11.3 Å². The van der Waals surface area contributed by atoms with E-state index in [2.05, 4.69) is 15.3 Å². The lowest BCUT2D eigenvalue weighted by atomic mass is 10.2. The highest BCUT2D eigenvalue weighted by atomic mass is 35.5. The Balaban J connectivity index is 2.10. The third kappa shape index (κ3) is 3.45. The molecule has 0 aliphatic carbocycles. The van der Waals surface area contributed by atoms with E-state index in [1.54, 1.807) is 6.92 Å². The fraction of sp³-hybridized carbons (Fsp3) is 0.278. The highest BCUT2D eigenvalue weighted by Crippen LogP contribution is 2.35. The number of rotatable bonds is 4. The average molecular weight is 376 g/mol. The summed E-state index contributed by atoms with van der Waals surface area (Å²) in [6.45, 7) is 7.79. The fourth-order valence-corrected chi connectivity index (χ4v) is 3.84. The molecular formula is C18H18ClN3O2S. The van der Waals surface area contributed by atoms with Gasteiger partial charge in [0, 0.05) is 10.7 Å². The van der Waals surface area contributed by atoms with E-state index in [0.717, 1.165) is 27.0 Å². The van der Waals surface area contributed by atoms with Crippen molar-refractivity contribution in [2.45, 2.75) is 27.7 Å². The minimum Gasteiger partial charge on any atom is -0.462 e. The van der Waals surface area contributed by atoms with E-state index in [-0.39, 0.29) is 5.97 Å². The van der Waals surface area contributed by atoms with E-state index in [1.807, 2.05) is 39.0 Å². The Morgan fingerprint density at radius 3 is 2.72 bits per heavy atom. The van der Waals surface area contributed by atoms with Crippen molar-refractivity contribution in [2.24, 2.45) is 0 Å². The SMILES string of the molecule is CCOC(=O)c1sc2nc(C)nc(Nc3ccc(C)c(Cl)c3)c2c1C. The second kappa shape index (κ2) is 6.98. The Hall–Kier alpha value is -2.18. The van der Waals surface area contributed by atoms with Crippen molar-refractivity contribution < 1.29 is 9.53 Å². The standard InChI is InChI=1S/C18H18ClN3O2S/c1-5-24-18(23)15-10(3)14-16(20-11(4)21-17(14)25-15)22-12-7-6-9(2)13(19)8-12/h6-8H,5H2,1-4H3,(H,20,21,22). The zero-order chi connectivity index (χ0) is 18.1. The topological polar surface area (TPSA) is 64.1 Å². The highest BCUT2D eigenvalue weighted by Gasteiger charge is 2.21. The van der Waals surface area contributed by atoms with Gasteiger partial charge in [0.05, 0.1) is 12.0 Å². The van der Waals surface area contributed by atoms with Gasteiger partial charge in [-0.05, 0) is 51.0 Å². The summed E-state index contributed by atoms with van der Waals surface area (Å²) in [6.07, 6.45) is 0. The summed E-state index contributed by atoms with van der Waals surface area (Å²) in [5, 5.41) is 4.81. The molecule has 0 fully saturated rings. The van der Waals surface area contributed by atoms with Crippen LogP contribution in [0.15, 0.2) is 18.2 Å². The molecule has 0 unspecified atom stereocenters. The van der Waals surface area contributed by atoms with Gasteiger partial charge in [0.2, 0.25) is 0 Å². The van der Waals surface area contributed by atoms with E-state index in [0.29, 0.717) is 28.1 Å². The van der Waals surface area contributed by atoms with Crippen LogP contribution in [-0.4, -0.2) is 22.5 Å². The average Bonchev–Trinajstić information content (AvgIpc) is 2.88. The van der Waals surface area contributed by atoms with E-state index >= 15 is 0 Å². The van der Waals surface area contributed by atoms with Gasteiger partial charge in [-0.1, -0.05) is 17.7 Å². The number of nitrogens with one attached hydrogen (secondary N) is 1. The molecule has 3 rings (SSSR count). The summed E-state index contributed by atoms with van der Waals surface area (Å²) < 4.78 is 5.14. The van der Waals surface area contributed by atoms with Crippen molar-refractivity contribution in [1.82, 2.24) is 9.97 Å². The van der Waals surface area contributed by atoms with Crippen molar-refractivity contribution in [3.8, 4) is 0 Å². The minimum atomic E-state index is -0.329. The van der Waals surface area contributed by atoms with Crippen molar-refractivity contribution in [2.75, 3.05) is 11.9 Å². The smallest absolute Gasteiger partial charge is 0.348 e. The molecule has 0 aliphatic heterocycles. The van der Waals surface area contributed by atoms with Crippen LogP contribution in [0.2, 0.25) is 5.02 Å². The summed E-state index contributed by atoms with van der Waals surface area (Å²) in [4.78, 5) is 22.5. The first-order valence-electron chi connectivity index (χ1n) is 7.88. The predicted octanol–water partition coefficient (Wildman–Crippen LogP) is 5.19. The monoisotopic (exact) mass is 375 g/mol. The molecule has 0 bridgehead atoms. The second-order valence-corrected chi connectivity index (χ2v) is 7.07. The van der Waals surface area contributed by atoms with Crippen LogP contribution >= 0.6 is 22.9 Å². The maximum Gasteiger partial charge on any atom is 0.348 e. The highest BCUT2D eigenvalue weighted by molar-refractivity contribution is 7.20. The first-order valence-corrected chi connectivity index (χ1v) is 9.08. The molecule has 130 valence electrons. The number of carbonyl (C=O) groups excluding carboxylic acids is 1. The molecule has 0 amide bonds. The van der Waals surface area contributed by atoms with Gasteiger partial charge in [-0.3, -0.25) is 0 Å². The van der Waals surface area contributed by atoms with Crippen molar-refractivity contribution in [3.05, 3.63) is 45.1 Å². The Morgan fingerprint density at radius 1 is 1.28 bits per heavy atom. The first-order chi connectivity index (χ1) is 11.9. The number of benzene rings is 1. The van der Waals surface area contributed by atoms with Gasteiger partial charge in [0.25, 0.3) is 0 Å². The third-order valence-corrected chi connectivity index (χ3v) is 5.37. The summed E-state index contributed by atoms with van der Waals surface area (Å²) in [5.74, 6) is 0.960. The quantitative estimate of drug-likeness (QED) is 0.635. The number of thiophene rings is 1. The van der Waals surface area contributed by atoms with Crippen molar-refractivity contribution in [3.63, 3.8) is 0 Å². The third-order valence-electron chi connectivity index (χ3n) is 3.80. The van der Waals surface area contributed by atoms with Crippen LogP contribution in [0.1, 0.15) is 33.5 Å². The van der Waals surface area contributed by atoms with Crippen LogP contribution in [0, 0.1) is 20.8 Å². The molecule has 1 N–H and O–H groups in total. The molecule has 0 saturated carbocycles. The lowest BCUT2D eigenvalue weighted by Gasteiger charge is -2.10. The van der Waals surface area contributed by atoms with E-state index < -0.39 is 0 Å². The number of fused-ring (bicyclic) bond motifs is 1. The number of aromatic nitrogens is 2. The number of halogens is 1. The molecule has 3 aromatic rings. The number of carbonyl (C=O) groups is 1. The molecule has 0 spiro atoms. The Bertz CT molecular complexity index is 969. The Kier molecular flexibility index (Phi) is 4.92. The van der Waals surface area contributed by atoms with Crippen LogP contribution in [0.4, 0.5) is 11.5 Å². The lowest BCUT2D eigenvalue weighted by molar-refractivity contribution is 0.0531.